The number of hydrogen-bond donors (Lipinski definition) is 0. The number of ether oxygens (including phenoxy) is 5. The van der Waals surface area contributed by atoms with Crippen LogP contribution in [0.4, 0.5) is 17.6 Å². The second kappa shape index (κ2) is 11.0. The summed E-state index contributed by atoms with van der Waals surface area (Å²) < 4.78 is 84.8. The van der Waals surface area contributed by atoms with Gasteiger partial charge in [-0.1, -0.05) is 30.3 Å². The molecule has 2 aliphatic rings. The minimum absolute atomic E-state index is 0.00397. The highest BCUT2D eigenvalue weighted by molar-refractivity contribution is 5.43. The minimum Gasteiger partial charge on any atom is -0.496 e. The van der Waals surface area contributed by atoms with Gasteiger partial charge in [-0.2, -0.15) is 13.2 Å². The lowest BCUT2D eigenvalue weighted by molar-refractivity contribution is -0.239. The number of rotatable bonds is 7. The molecule has 0 aliphatic carbocycles. The summed E-state index contributed by atoms with van der Waals surface area (Å²) in [6, 6.07) is 16.8. The average Bonchev–Trinajstić information content (AvgIpc) is 3.29. The predicted octanol–water partition coefficient (Wildman–Crippen LogP) is 6.09. The molecule has 0 saturated carbocycles. The van der Waals surface area contributed by atoms with Crippen molar-refractivity contribution in [3.8, 4) is 11.5 Å². The summed E-state index contributed by atoms with van der Waals surface area (Å²) in [5.74, 6) is 0.571. The first-order valence-electron chi connectivity index (χ1n) is 12.8. The van der Waals surface area contributed by atoms with Crippen LogP contribution in [0.1, 0.15) is 34.7 Å². The molecule has 2 fully saturated rings. The van der Waals surface area contributed by atoms with E-state index in [0.717, 1.165) is 23.3 Å². The Balaban J connectivity index is 1.60. The van der Waals surface area contributed by atoms with E-state index in [9.17, 15) is 17.6 Å². The van der Waals surface area contributed by atoms with E-state index >= 15 is 0 Å². The topological polar surface area (TPSA) is 49.4 Å². The normalized spacial score (nSPS) is 25.3. The number of nitrogens with zero attached hydrogens (tertiary/aromatic N) is 1. The van der Waals surface area contributed by atoms with E-state index in [0.29, 0.717) is 12.3 Å². The van der Waals surface area contributed by atoms with Gasteiger partial charge in [0.2, 0.25) is 0 Å². The van der Waals surface area contributed by atoms with Crippen LogP contribution >= 0.6 is 0 Å². The fourth-order valence-corrected chi connectivity index (χ4v) is 5.78. The highest BCUT2D eigenvalue weighted by Crippen LogP contribution is 2.51. The molecule has 10 heteroatoms. The van der Waals surface area contributed by atoms with Gasteiger partial charge < -0.3 is 23.7 Å². The molecule has 0 amide bonds. The maximum atomic E-state index is 13.8. The van der Waals surface area contributed by atoms with Crippen LogP contribution in [0.5, 0.6) is 11.5 Å². The van der Waals surface area contributed by atoms with Crippen molar-refractivity contribution in [1.29, 1.82) is 0 Å². The van der Waals surface area contributed by atoms with Gasteiger partial charge in [-0.05, 0) is 42.0 Å². The number of alkyl halides is 3. The summed E-state index contributed by atoms with van der Waals surface area (Å²) in [5, 5.41) is 0. The van der Waals surface area contributed by atoms with Crippen LogP contribution in [-0.4, -0.2) is 51.8 Å². The van der Waals surface area contributed by atoms with Crippen molar-refractivity contribution in [3.05, 3.63) is 94.8 Å². The predicted molar refractivity (Wildman–Crippen MR) is 138 cm³/mol. The first-order chi connectivity index (χ1) is 19.1. The number of hydrogen-bond acceptors (Lipinski definition) is 6. The van der Waals surface area contributed by atoms with Gasteiger partial charge in [-0.25, -0.2) is 4.39 Å². The fourth-order valence-electron chi connectivity index (χ4n) is 5.78. The lowest BCUT2D eigenvalue weighted by Gasteiger charge is -2.49. The van der Waals surface area contributed by atoms with E-state index < -0.39 is 23.1 Å². The standard InChI is InChI=1S/C30H31F4NO5/c1-36-26-7-5-4-6-21(26)15-35-25(20-8-11-23(31)12-9-20)16-40-29(35)17-28(38-3,18-39-19-29)24-14-22(30(32,33)34)10-13-27(24)37-2/h4-14,25H,15-19H2,1-3H3/t25-,28+,29?/m1/s1. The van der Waals surface area contributed by atoms with Crippen molar-refractivity contribution < 1.29 is 41.2 Å². The lowest BCUT2D eigenvalue weighted by Crippen LogP contribution is -2.58. The highest BCUT2D eigenvalue weighted by atomic mass is 19.4. The lowest BCUT2D eigenvalue weighted by atomic mass is 9.82. The second-order valence-corrected chi connectivity index (χ2v) is 10.0. The van der Waals surface area contributed by atoms with Gasteiger partial charge in [0.15, 0.2) is 0 Å². The quantitative estimate of drug-likeness (QED) is 0.326. The maximum absolute atomic E-state index is 13.8. The van der Waals surface area contributed by atoms with Crippen molar-refractivity contribution in [1.82, 2.24) is 4.90 Å². The maximum Gasteiger partial charge on any atom is 0.416 e. The van der Waals surface area contributed by atoms with Gasteiger partial charge >= 0.3 is 6.18 Å². The summed E-state index contributed by atoms with van der Waals surface area (Å²) in [5.41, 5.74) is -1.29. The molecule has 0 N–H and O–H groups in total. The summed E-state index contributed by atoms with van der Waals surface area (Å²) in [4.78, 5) is 2.10. The molecule has 0 radical (unpaired) electrons. The molecular weight excluding hydrogens is 530 g/mol. The number of methoxy groups -OCH3 is 3. The molecule has 2 heterocycles. The molecule has 1 unspecified atom stereocenters. The molecule has 3 atom stereocenters. The Labute approximate surface area is 230 Å². The van der Waals surface area contributed by atoms with E-state index in [1.807, 2.05) is 24.3 Å². The Kier molecular flexibility index (Phi) is 7.80. The third-order valence-electron chi connectivity index (χ3n) is 7.83. The zero-order chi connectivity index (χ0) is 28.5. The molecule has 1 spiro atoms. The van der Waals surface area contributed by atoms with Crippen molar-refractivity contribution >= 4 is 0 Å². The molecule has 0 bridgehead atoms. The van der Waals surface area contributed by atoms with E-state index in [1.165, 1.54) is 32.4 Å². The molecule has 214 valence electrons. The molecule has 3 aromatic rings. The van der Waals surface area contributed by atoms with Crippen molar-refractivity contribution in [2.45, 2.75) is 36.5 Å². The molecule has 6 nitrogen and oxygen atoms in total. The van der Waals surface area contributed by atoms with Crippen LogP contribution in [0.15, 0.2) is 66.7 Å². The summed E-state index contributed by atoms with van der Waals surface area (Å²) in [6.45, 7) is 0.765. The van der Waals surface area contributed by atoms with Gasteiger partial charge in [0.05, 0.1) is 45.6 Å². The molecular formula is C30H31F4NO5. The fraction of sp³-hybridized carbons (Fsp3) is 0.400. The van der Waals surface area contributed by atoms with Crippen LogP contribution in [-0.2, 0) is 32.5 Å². The molecule has 2 saturated heterocycles. The molecule has 5 rings (SSSR count). The van der Waals surface area contributed by atoms with Crippen LogP contribution < -0.4 is 9.47 Å². The Hall–Kier alpha value is -3.18. The van der Waals surface area contributed by atoms with Crippen LogP contribution in [0.25, 0.3) is 0 Å². The van der Waals surface area contributed by atoms with Gasteiger partial charge in [-0.3, -0.25) is 4.90 Å². The zero-order valence-electron chi connectivity index (χ0n) is 22.5. The van der Waals surface area contributed by atoms with Crippen LogP contribution in [0, 0.1) is 5.82 Å². The molecule has 40 heavy (non-hydrogen) atoms. The summed E-state index contributed by atoms with van der Waals surface area (Å²) >= 11 is 0. The average molecular weight is 562 g/mol. The SMILES string of the molecule is COc1ccccc1CN1[C@@H](c2ccc(F)cc2)COC12COC[C@](OC)(c1cc(C(F)(F)F)ccc1OC)C2. The Morgan fingerprint density at radius 3 is 2.33 bits per heavy atom. The number of para-hydroxylation sites is 1. The van der Waals surface area contributed by atoms with Gasteiger partial charge in [-0.15, -0.1) is 0 Å². The van der Waals surface area contributed by atoms with Crippen molar-refractivity contribution in [2.75, 3.05) is 41.2 Å². The van der Waals surface area contributed by atoms with Gasteiger partial charge in [0, 0.05) is 31.2 Å². The Bertz CT molecular complexity index is 1330. The zero-order valence-corrected chi connectivity index (χ0v) is 22.5. The summed E-state index contributed by atoms with van der Waals surface area (Å²) in [7, 11) is 4.44. The van der Waals surface area contributed by atoms with E-state index in [1.54, 1.807) is 19.2 Å². The number of halogens is 4. The van der Waals surface area contributed by atoms with Gasteiger partial charge in [0.25, 0.3) is 0 Å². The number of benzene rings is 3. The first kappa shape index (κ1) is 28.4. The first-order valence-corrected chi connectivity index (χ1v) is 12.8. The minimum atomic E-state index is -4.56. The Morgan fingerprint density at radius 1 is 0.925 bits per heavy atom. The van der Waals surface area contributed by atoms with Crippen molar-refractivity contribution in [3.63, 3.8) is 0 Å². The highest BCUT2D eigenvalue weighted by Gasteiger charge is 2.57. The second-order valence-electron chi connectivity index (χ2n) is 10.0. The largest absolute Gasteiger partial charge is 0.496 e. The third-order valence-corrected chi connectivity index (χ3v) is 7.83. The third kappa shape index (κ3) is 5.16. The van der Waals surface area contributed by atoms with E-state index in [2.05, 4.69) is 4.90 Å². The van der Waals surface area contributed by atoms with E-state index in [-0.39, 0.29) is 49.4 Å². The smallest absolute Gasteiger partial charge is 0.416 e. The van der Waals surface area contributed by atoms with Gasteiger partial charge in [0.1, 0.15) is 28.6 Å². The Morgan fingerprint density at radius 2 is 1.65 bits per heavy atom. The van der Waals surface area contributed by atoms with Crippen LogP contribution in [0.2, 0.25) is 0 Å². The monoisotopic (exact) mass is 561 g/mol. The molecule has 2 aliphatic heterocycles. The molecule has 3 aromatic carbocycles. The van der Waals surface area contributed by atoms with E-state index in [4.69, 9.17) is 23.7 Å². The van der Waals surface area contributed by atoms with Crippen LogP contribution in [0.3, 0.4) is 0 Å². The van der Waals surface area contributed by atoms with Crippen molar-refractivity contribution in [2.24, 2.45) is 0 Å². The molecule has 0 aromatic heterocycles. The summed E-state index contributed by atoms with van der Waals surface area (Å²) in [6.07, 6.45) is -4.41.